The second-order valence-electron chi connectivity index (χ2n) is 3.94. The van der Waals surface area contributed by atoms with Crippen LogP contribution in [0, 0.1) is 0 Å². The number of aromatic amines is 2. The van der Waals surface area contributed by atoms with Crippen molar-refractivity contribution in [1.29, 1.82) is 0 Å². The number of aryl methyl sites for hydroxylation is 2. The Morgan fingerprint density at radius 1 is 1.22 bits per heavy atom. The second-order valence-corrected chi connectivity index (χ2v) is 3.94. The van der Waals surface area contributed by atoms with Crippen molar-refractivity contribution < 1.29 is 0 Å². The summed E-state index contributed by atoms with van der Waals surface area (Å²) in [6.45, 7) is 0. The van der Waals surface area contributed by atoms with Crippen LogP contribution >= 0.6 is 0 Å². The van der Waals surface area contributed by atoms with Gasteiger partial charge in [-0.15, -0.1) is 0 Å². The van der Waals surface area contributed by atoms with E-state index in [1.54, 1.807) is 31.0 Å². The molecule has 0 aliphatic carbocycles. The van der Waals surface area contributed by atoms with Crippen molar-refractivity contribution in [2.45, 2.75) is 0 Å². The van der Waals surface area contributed by atoms with Crippen LogP contribution in [-0.4, -0.2) is 29.3 Å². The Morgan fingerprint density at radius 3 is 2.67 bits per heavy atom. The van der Waals surface area contributed by atoms with E-state index >= 15 is 0 Å². The fourth-order valence-electron chi connectivity index (χ4n) is 1.83. The van der Waals surface area contributed by atoms with E-state index in [4.69, 9.17) is 0 Å². The van der Waals surface area contributed by atoms with Crippen molar-refractivity contribution in [1.82, 2.24) is 29.3 Å². The molecule has 3 aromatic heterocycles. The molecule has 2 N–H and O–H groups in total. The highest BCUT2D eigenvalue weighted by atomic mass is 16.2. The monoisotopic (exact) mass is 246 g/mol. The van der Waals surface area contributed by atoms with E-state index < -0.39 is 11.2 Å². The third kappa shape index (κ3) is 1.32. The number of hydrogen-bond donors (Lipinski definition) is 2. The van der Waals surface area contributed by atoms with Crippen LogP contribution in [0.5, 0.6) is 0 Å². The summed E-state index contributed by atoms with van der Waals surface area (Å²) in [5, 5.41) is 4.03. The lowest BCUT2D eigenvalue weighted by Crippen LogP contribution is -2.28. The predicted octanol–water partition coefficient (Wildman–Crippen LogP) is -0.650. The smallest absolute Gasteiger partial charge is 0.329 e. The van der Waals surface area contributed by atoms with Gasteiger partial charge in [-0.1, -0.05) is 0 Å². The normalized spacial score (nSPS) is 11.2. The Bertz CT molecular complexity index is 849. The van der Waals surface area contributed by atoms with Crippen LogP contribution in [0.4, 0.5) is 0 Å². The van der Waals surface area contributed by atoms with Gasteiger partial charge in [0.25, 0.3) is 5.56 Å². The summed E-state index contributed by atoms with van der Waals surface area (Å²) in [6, 6.07) is 1.77. The minimum absolute atomic E-state index is 0.272. The molecule has 0 saturated carbocycles. The molecule has 0 atom stereocenters. The van der Waals surface area contributed by atoms with Gasteiger partial charge in [-0.3, -0.25) is 19.0 Å². The van der Waals surface area contributed by atoms with Crippen LogP contribution in [0.1, 0.15) is 0 Å². The third-order valence-electron chi connectivity index (χ3n) is 2.82. The van der Waals surface area contributed by atoms with Crippen LogP contribution in [0.3, 0.4) is 0 Å². The summed E-state index contributed by atoms with van der Waals surface area (Å²) >= 11 is 0. The number of aromatic nitrogens is 6. The third-order valence-corrected chi connectivity index (χ3v) is 2.82. The molecule has 0 fully saturated rings. The van der Waals surface area contributed by atoms with Gasteiger partial charge in [-0.2, -0.15) is 5.10 Å². The Morgan fingerprint density at radius 2 is 2.00 bits per heavy atom. The number of nitrogens with zero attached hydrogens (tertiary/aromatic N) is 4. The lowest BCUT2D eigenvalue weighted by molar-refractivity contribution is 0.771. The zero-order valence-electron chi connectivity index (χ0n) is 9.76. The first-order valence-electron chi connectivity index (χ1n) is 5.25. The van der Waals surface area contributed by atoms with Crippen molar-refractivity contribution in [3.63, 3.8) is 0 Å². The molecule has 0 bridgehead atoms. The molecule has 0 aromatic carbocycles. The highest BCUT2D eigenvalue weighted by molar-refractivity contribution is 5.74. The quantitative estimate of drug-likeness (QED) is 0.595. The van der Waals surface area contributed by atoms with Gasteiger partial charge >= 0.3 is 5.69 Å². The number of hydrogen-bond acceptors (Lipinski definition) is 4. The highest BCUT2D eigenvalue weighted by Gasteiger charge is 2.13. The zero-order chi connectivity index (χ0) is 12.9. The van der Waals surface area contributed by atoms with Crippen molar-refractivity contribution in [2.24, 2.45) is 14.1 Å². The summed E-state index contributed by atoms with van der Waals surface area (Å²) < 4.78 is 2.91. The van der Waals surface area contributed by atoms with E-state index in [9.17, 15) is 9.59 Å². The van der Waals surface area contributed by atoms with Crippen LogP contribution in [0.25, 0.3) is 22.7 Å². The first-order chi connectivity index (χ1) is 8.58. The van der Waals surface area contributed by atoms with Crippen LogP contribution in [0.15, 0.2) is 21.9 Å². The number of rotatable bonds is 1. The van der Waals surface area contributed by atoms with Crippen molar-refractivity contribution >= 4 is 11.2 Å². The van der Waals surface area contributed by atoms with Gasteiger partial charge in [-0.05, 0) is 6.07 Å². The van der Waals surface area contributed by atoms with Crippen molar-refractivity contribution in [3.05, 3.63) is 33.1 Å². The lowest BCUT2D eigenvalue weighted by Gasteiger charge is -1.95. The van der Waals surface area contributed by atoms with Gasteiger partial charge < -0.3 is 4.98 Å². The first-order valence-corrected chi connectivity index (χ1v) is 5.25. The Labute approximate surface area is 99.9 Å². The van der Waals surface area contributed by atoms with E-state index in [2.05, 4.69) is 20.1 Å². The van der Waals surface area contributed by atoms with Gasteiger partial charge in [0.2, 0.25) is 0 Å². The largest absolute Gasteiger partial charge is 0.331 e. The predicted molar refractivity (Wildman–Crippen MR) is 64.2 cm³/mol. The van der Waals surface area contributed by atoms with E-state index in [1.165, 1.54) is 4.57 Å². The highest BCUT2D eigenvalue weighted by Crippen LogP contribution is 2.16. The SMILES string of the molecule is Cn1nccc1-c1nc2c([nH]1)c(=O)[nH]c(=O)n2C. The van der Waals surface area contributed by atoms with Crippen LogP contribution in [-0.2, 0) is 14.1 Å². The molecule has 0 radical (unpaired) electrons. The first kappa shape index (κ1) is 10.5. The minimum Gasteiger partial charge on any atom is -0.331 e. The summed E-state index contributed by atoms with van der Waals surface area (Å²) in [5.74, 6) is 0.497. The molecular formula is C10H10N6O2. The average molecular weight is 246 g/mol. The lowest BCUT2D eigenvalue weighted by atomic mass is 10.4. The maximum Gasteiger partial charge on any atom is 0.329 e. The summed E-state index contributed by atoms with van der Waals surface area (Å²) in [7, 11) is 3.32. The fraction of sp³-hybridized carbons (Fsp3) is 0.200. The summed E-state index contributed by atoms with van der Waals surface area (Å²) in [4.78, 5) is 32.5. The van der Waals surface area contributed by atoms with Crippen LogP contribution < -0.4 is 11.2 Å². The summed E-state index contributed by atoms with van der Waals surface area (Å²) in [6.07, 6.45) is 1.63. The molecule has 0 unspecified atom stereocenters. The molecule has 3 aromatic rings. The van der Waals surface area contributed by atoms with Crippen molar-refractivity contribution in [3.8, 4) is 11.5 Å². The van der Waals surface area contributed by atoms with Crippen molar-refractivity contribution in [2.75, 3.05) is 0 Å². The maximum absolute atomic E-state index is 11.7. The fourth-order valence-corrected chi connectivity index (χ4v) is 1.83. The molecule has 3 heterocycles. The molecule has 8 heteroatoms. The number of imidazole rings is 1. The molecular weight excluding hydrogens is 236 g/mol. The molecule has 18 heavy (non-hydrogen) atoms. The number of fused-ring (bicyclic) bond motifs is 1. The maximum atomic E-state index is 11.7. The van der Waals surface area contributed by atoms with E-state index in [-0.39, 0.29) is 5.52 Å². The standard InChI is InChI=1S/C10H10N6O2/c1-15-8-6(9(17)14-10(15)18)12-7(13-8)5-3-4-11-16(5)2/h3-4H,1-2H3,(H,12,13)(H,14,17,18). The minimum atomic E-state index is -0.490. The average Bonchev–Trinajstić information content (AvgIpc) is 2.92. The molecule has 0 spiro atoms. The second kappa shape index (κ2) is 3.42. The van der Waals surface area contributed by atoms with E-state index in [1.807, 2.05) is 0 Å². The molecule has 0 saturated heterocycles. The van der Waals surface area contributed by atoms with Crippen LogP contribution in [0.2, 0.25) is 0 Å². The van der Waals surface area contributed by atoms with Gasteiger partial charge in [0.1, 0.15) is 11.2 Å². The topological polar surface area (TPSA) is 101 Å². The summed E-state index contributed by atoms with van der Waals surface area (Å²) in [5.41, 5.74) is 0.357. The van der Waals surface area contributed by atoms with Gasteiger partial charge in [0.05, 0.1) is 0 Å². The Hall–Kier alpha value is -2.64. The molecule has 0 aliphatic rings. The van der Waals surface area contributed by atoms with Gasteiger partial charge in [0, 0.05) is 20.3 Å². The van der Waals surface area contributed by atoms with Gasteiger partial charge in [-0.25, -0.2) is 9.78 Å². The number of H-pyrrole nitrogens is 2. The number of nitrogens with one attached hydrogen (secondary N) is 2. The molecule has 92 valence electrons. The van der Waals surface area contributed by atoms with Gasteiger partial charge in [0.15, 0.2) is 11.5 Å². The van der Waals surface area contributed by atoms with E-state index in [0.29, 0.717) is 11.5 Å². The van der Waals surface area contributed by atoms with E-state index in [0.717, 1.165) is 5.69 Å². The molecule has 3 rings (SSSR count). The molecule has 0 amide bonds. The Balaban J connectivity index is 2.40. The molecule has 8 nitrogen and oxygen atoms in total. The molecule has 0 aliphatic heterocycles. The zero-order valence-corrected chi connectivity index (χ0v) is 9.76. The Kier molecular flexibility index (Phi) is 2.00.